The molecular formula is C23H17ClN4O6. The van der Waals surface area contributed by atoms with E-state index in [0.29, 0.717) is 28.8 Å². The molecule has 0 aliphatic carbocycles. The Morgan fingerprint density at radius 3 is 2.38 bits per heavy atom. The topological polar surface area (TPSA) is 144 Å². The molecular weight excluding hydrogens is 464 g/mol. The Labute approximate surface area is 198 Å². The number of carbonyl (C=O) groups excluding carboxylic acids is 1. The number of carbonyl (C=O) groups is 1. The van der Waals surface area contributed by atoms with Crippen molar-refractivity contribution in [1.29, 1.82) is 0 Å². The predicted octanol–water partition coefficient (Wildman–Crippen LogP) is 4.41. The Kier molecular flexibility index (Phi) is 6.69. The lowest BCUT2D eigenvalue weighted by Crippen LogP contribution is -2.19. The molecule has 0 aliphatic rings. The third-order valence-electron chi connectivity index (χ3n) is 4.64. The second kappa shape index (κ2) is 10.0. The highest BCUT2D eigenvalue weighted by Crippen LogP contribution is 2.30. The molecule has 4 rings (SSSR count). The van der Waals surface area contributed by atoms with Crippen LogP contribution in [0.2, 0.25) is 5.02 Å². The highest BCUT2D eigenvalue weighted by atomic mass is 35.5. The standard InChI is InChI=1S/C23H17ClN4O6/c24-19-11-17(28(30)31)7-10-20(19)33-12-14-1-3-16(4-2-14)23-26-22(27-34-23)15-5-8-18(9-6-15)32-13-21(25)29/h1-11H,12-13H2,(H2,25,29). The normalized spacial score (nSPS) is 10.6. The number of non-ortho nitro benzene ring substituents is 1. The van der Waals surface area contributed by atoms with Gasteiger partial charge >= 0.3 is 0 Å². The molecule has 1 heterocycles. The molecule has 34 heavy (non-hydrogen) atoms. The fraction of sp³-hybridized carbons (Fsp3) is 0.0870. The molecule has 0 saturated carbocycles. The van der Waals surface area contributed by atoms with Gasteiger partial charge < -0.3 is 19.7 Å². The van der Waals surface area contributed by atoms with Crippen molar-refractivity contribution in [2.24, 2.45) is 5.73 Å². The van der Waals surface area contributed by atoms with Crippen LogP contribution in [0.1, 0.15) is 5.56 Å². The molecule has 0 bridgehead atoms. The molecule has 0 atom stereocenters. The number of hydrogen-bond donors (Lipinski definition) is 1. The lowest BCUT2D eigenvalue weighted by molar-refractivity contribution is -0.384. The van der Waals surface area contributed by atoms with Crippen LogP contribution in [0.15, 0.2) is 71.3 Å². The fourth-order valence-electron chi connectivity index (χ4n) is 2.94. The molecule has 0 spiro atoms. The van der Waals surface area contributed by atoms with Crippen molar-refractivity contribution in [3.8, 4) is 34.3 Å². The van der Waals surface area contributed by atoms with Gasteiger partial charge in [0.2, 0.25) is 5.82 Å². The quantitative estimate of drug-likeness (QED) is 0.274. The summed E-state index contributed by atoms with van der Waals surface area (Å²) in [5.74, 6) is 1.04. The van der Waals surface area contributed by atoms with Crippen LogP contribution in [0.5, 0.6) is 11.5 Å². The Morgan fingerprint density at radius 2 is 1.74 bits per heavy atom. The number of benzene rings is 3. The summed E-state index contributed by atoms with van der Waals surface area (Å²) in [6.45, 7) is 0.0186. The Balaban J connectivity index is 1.39. The largest absolute Gasteiger partial charge is 0.487 e. The number of aromatic nitrogens is 2. The molecule has 0 fully saturated rings. The van der Waals surface area contributed by atoms with E-state index in [1.165, 1.54) is 18.2 Å². The third-order valence-corrected chi connectivity index (χ3v) is 4.94. The average molecular weight is 481 g/mol. The number of amides is 1. The Bertz CT molecular complexity index is 1320. The number of rotatable bonds is 9. The number of hydrogen-bond acceptors (Lipinski definition) is 8. The van der Waals surface area contributed by atoms with E-state index in [9.17, 15) is 14.9 Å². The van der Waals surface area contributed by atoms with Crippen LogP contribution < -0.4 is 15.2 Å². The molecule has 172 valence electrons. The molecule has 0 saturated heterocycles. The SMILES string of the molecule is NC(=O)COc1ccc(-c2noc(-c3ccc(COc4ccc([N+](=O)[O-])cc4Cl)cc3)n2)cc1. The number of halogens is 1. The third kappa shape index (κ3) is 5.48. The second-order valence-electron chi connectivity index (χ2n) is 7.06. The molecule has 11 heteroatoms. The molecule has 4 aromatic rings. The second-order valence-corrected chi connectivity index (χ2v) is 7.47. The predicted molar refractivity (Wildman–Crippen MR) is 122 cm³/mol. The number of nitrogens with zero attached hydrogens (tertiary/aromatic N) is 3. The maximum absolute atomic E-state index is 10.8. The number of nitro benzene ring substituents is 1. The highest BCUT2D eigenvalue weighted by Gasteiger charge is 2.13. The van der Waals surface area contributed by atoms with Gasteiger partial charge in [-0.05, 0) is 48.0 Å². The first-order chi connectivity index (χ1) is 16.4. The number of nitro groups is 1. The van der Waals surface area contributed by atoms with Crippen molar-refractivity contribution in [3.05, 3.63) is 87.4 Å². The molecule has 1 aromatic heterocycles. The first-order valence-corrected chi connectivity index (χ1v) is 10.3. The van der Waals surface area contributed by atoms with E-state index in [1.807, 2.05) is 24.3 Å². The van der Waals surface area contributed by atoms with E-state index in [1.54, 1.807) is 24.3 Å². The zero-order valence-corrected chi connectivity index (χ0v) is 18.3. The maximum Gasteiger partial charge on any atom is 0.271 e. The van der Waals surface area contributed by atoms with Crippen LogP contribution >= 0.6 is 11.6 Å². The minimum Gasteiger partial charge on any atom is -0.487 e. The van der Waals surface area contributed by atoms with Gasteiger partial charge in [0, 0.05) is 23.3 Å². The summed E-state index contributed by atoms with van der Waals surface area (Å²) < 4.78 is 16.3. The van der Waals surface area contributed by atoms with Gasteiger partial charge in [-0.25, -0.2) is 0 Å². The van der Waals surface area contributed by atoms with Crippen LogP contribution in [-0.2, 0) is 11.4 Å². The van der Waals surface area contributed by atoms with Crippen molar-refractivity contribution in [2.75, 3.05) is 6.61 Å². The zero-order valence-electron chi connectivity index (χ0n) is 17.5. The molecule has 0 aliphatic heterocycles. The summed E-state index contributed by atoms with van der Waals surface area (Å²) in [6.07, 6.45) is 0. The summed E-state index contributed by atoms with van der Waals surface area (Å²) in [7, 11) is 0. The van der Waals surface area contributed by atoms with E-state index in [2.05, 4.69) is 10.1 Å². The van der Waals surface area contributed by atoms with E-state index in [0.717, 1.165) is 11.1 Å². The van der Waals surface area contributed by atoms with E-state index in [4.69, 9.17) is 31.3 Å². The molecule has 3 aromatic carbocycles. The smallest absolute Gasteiger partial charge is 0.271 e. The summed E-state index contributed by atoms with van der Waals surface area (Å²) >= 11 is 6.05. The minimum atomic E-state index is -0.556. The van der Waals surface area contributed by atoms with E-state index in [-0.39, 0.29) is 23.9 Å². The number of ether oxygens (including phenoxy) is 2. The van der Waals surface area contributed by atoms with Gasteiger partial charge in [-0.3, -0.25) is 14.9 Å². The highest BCUT2D eigenvalue weighted by molar-refractivity contribution is 6.32. The number of nitrogens with two attached hydrogens (primary N) is 1. The van der Waals surface area contributed by atoms with Crippen LogP contribution in [-0.4, -0.2) is 27.6 Å². The van der Waals surface area contributed by atoms with Crippen LogP contribution in [0.25, 0.3) is 22.8 Å². The zero-order chi connectivity index (χ0) is 24.1. The lowest BCUT2D eigenvalue weighted by atomic mass is 10.1. The van der Waals surface area contributed by atoms with Crippen LogP contribution in [0, 0.1) is 10.1 Å². The Morgan fingerprint density at radius 1 is 1.03 bits per heavy atom. The van der Waals surface area contributed by atoms with Crippen molar-refractivity contribution in [3.63, 3.8) is 0 Å². The first-order valence-electron chi connectivity index (χ1n) is 9.90. The molecule has 0 radical (unpaired) electrons. The van der Waals surface area contributed by atoms with Gasteiger partial charge in [-0.1, -0.05) is 28.9 Å². The van der Waals surface area contributed by atoms with Gasteiger partial charge in [-0.2, -0.15) is 4.98 Å². The van der Waals surface area contributed by atoms with Crippen LogP contribution in [0.4, 0.5) is 5.69 Å². The minimum absolute atomic E-state index is 0.104. The lowest BCUT2D eigenvalue weighted by Gasteiger charge is -2.08. The van der Waals surface area contributed by atoms with Gasteiger partial charge in [-0.15, -0.1) is 0 Å². The monoisotopic (exact) mass is 480 g/mol. The van der Waals surface area contributed by atoms with Gasteiger partial charge in [0.1, 0.15) is 18.1 Å². The molecule has 10 nitrogen and oxygen atoms in total. The van der Waals surface area contributed by atoms with Crippen molar-refractivity contribution in [1.82, 2.24) is 10.1 Å². The van der Waals surface area contributed by atoms with Gasteiger partial charge in [0.25, 0.3) is 17.5 Å². The summed E-state index contributed by atoms with van der Waals surface area (Å²) in [5, 5.41) is 15.0. The Hall–Kier alpha value is -4.44. The van der Waals surface area contributed by atoms with E-state index < -0.39 is 10.8 Å². The van der Waals surface area contributed by atoms with Crippen molar-refractivity contribution >= 4 is 23.2 Å². The average Bonchev–Trinajstić information content (AvgIpc) is 3.33. The van der Waals surface area contributed by atoms with Crippen molar-refractivity contribution in [2.45, 2.75) is 6.61 Å². The van der Waals surface area contributed by atoms with Gasteiger partial charge in [0.05, 0.1) is 9.95 Å². The summed E-state index contributed by atoms with van der Waals surface area (Å²) in [6, 6.07) is 18.2. The molecule has 1 amide bonds. The van der Waals surface area contributed by atoms with Gasteiger partial charge in [0.15, 0.2) is 6.61 Å². The summed E-state index contributed by atoms with van der Waals surface area (Å²) in [5.41, 5.74) is 7.24. The van der Waals surface area contributed by atoms with Crippen LogP contribution in [0.3, 0.4) is 0 Å². The van der Waals surface area contributed by atoms with E-state index >= 15 is 0 Å². The fourth-order valence-corrected chi connectivity index (χ4v) is 3.17. The molecule has 2 N–H and O–H groups in total. The number of primary amides is 1. The summed E-state index contributed by atoms with van der Waals surface area (Å²) in [4.78, 5) is 25.5. The first kappa shape index (κ1) is 22.7. The molecule has 0 unspecified atom stereocenters. The van der Waals surface area contributed by atoms with Crippen molar-refractivity contribution < 1.29 is 23.7 Å². The maximum atomic E-state index is 10.8.